The average Bonchev–Trinajstić information content (AvgIpc) is 3.01. The zero-order valence-corrected chi connectivity index (χ0v) is 17.3. The standard InChI is InChI=1S/C19H20ClF2N3O3S/c1-10(2)24-29(27,28)25-17-8-5-12-13(4-7-16(22)18(12)17)19(26)23-11-3-6-15(21)14(20)9-11/h3-4,6-7,9-10,17,24-25H,5,8H2,1-2H3,(H,23,26)/t17-/m0/s1. The lowest BCUT2D eigenvalue weighted by Crippen LogP contribution is -2.41. The molecule has 0 fully saturated rings. The van der Waals surface area contributed by atoms with Gasteiger partial charge < -0.3 is 5.32 Å². The van der Waals surface area contributed by atoms with Crippen LogP contribution < -0.4 is 14.8 Å². The van der Waals surface area contributed by atoms with Crippen LogP contribution in [0, 0.1) is 11.6 Å². The lowest BCUT2D eigenvalue weighted by Gasteiger charge is -2.17. The Balaban J connectivity index is 1.87. The Labute approximate surface area is 172 Å². The van der Waals surface area contributed by atoms with E-state index < -0.39 is 33.8 Å². The molecule has 0 spiro atoms. The molecule has 2 aromatic carbocycles. The monoisotopic (exact) mass is 443 g/mol. The van der Waals surface area contributed by atoms with Crippen LogP contribution in [-0.2, 0) is 16.6 Å². The normalized spacial score (nSPS) is 16.1. The number of carbonyl (C=O) groups excluding carboxylic acids is 1. The highest BCUT2D eigenvalue weighted by Crippen LogP contribution is 2.36. The SMILES string of the molecule is CC(C)NS(=O)(=O)N[C@H]1CCc2c(C(=O)Nc3ccc(F)c(Cl)c3)ccc(F)c21. The highest BCUT2D eigenvalue weighted by atomic mass is 35.5. The van der Waals surface area contributed by atoms with Crippen LogP contribution in [0.4, 0.5) is 14.5 Å². The van der Waals surface area contributed by atoms with Crippen molar-refractivity contribution < 1.29 is 22.0 Å². The van der Waals surface area contributed by atoms with Crippen molar-refractivity contribution in [1.29, 1.82) is 0 Å². The van der Waals surface area contributed by atoms with Crippen LogP contribution in [0.1, 0.15) is 47.8 Å². The number of benzene rings is 2. The number of hydrogen-bond acceptors (Lipinski definition) is 3. The molecule has 0 aliphatic heterocycles. The number of nitrogens with one attached hydrogen (secondary N) is 3. The summed E-state index contributed by atoms with van der Waals surface area (Å²) in [5.41, 5.74) is 1.10. The minimum atomic E-state index is -3.83. The molecule has 0 saturated heterocycles. The van der Waals surface area contributed by atoms with Gasteiger partial charge in [-0.15, -0.1) is 0 Å². The molecule has 2 aromatic rings. The Morgan fingerprint density at radius 3 is 2.52 bits per heavy atom. The van der Waals surface area contributed by atoms with E-state index in [0.29, 0.717) is 18.4 Å². The molecule has 0 saturated carbocycles. The van der Waals surface area contributed by atoms with Crippen molar-refractivity contribution in [1.82, 2.24) is 9.44 Å². The molecule has 0 radical (unpaired) electrons. The Morgan fingerprint density at radius 2 is 1.86 bits per heavy atom. The van der Waals surface area contributed by atoms with E-state index in [-0.39, 0.29) is 27.9 Å². The second-order valence-electron chi connectivity index (χ2n) is 7.06. The number of halogens is 3. The van der Waals surface area contributed by atoms with Crippen molar-refractivity contribution in [2.24, 2.45) is 0 Å². The molecule has 0 aromatic heterocycles. The number of hydrogen-bond donors (Lipinski definition) is 3. The number of amides is 1. The largest absolute Gasteiger partial charge is 0.322 e. The van der Waals surface area contributed by atoms with Crippen LogP contribution in [0.5, 0.6) is 0 Å². The molecular weight excluding hydrogens is 424 g/mol. The van der Waals surface area contributed by atoms with Gasteiger partial charge in [0.2, 0.25) is 0 Å². The zero-order valence-electron chi connectivity index (χ0n) is 15.7. The van der Waals surface area contributed by atoms with E-state index in [1.54, 1.807) is 13.8 Å². The molecule has 1 atom stereocenters. The molecule has 3 N–H and O–H groups in total. The highest BCUT2D eigenvalue weighted by Gasteiger charge is 2.32. The fourth-order valence-corrected chi connectivity index (χ4v) is 4.83. The summed E-state index contributed by atoms with van der Waals surface area (Å²) in [7, 11) is -3.83. The van der Waals surface area contributed by atoms with E-state index in [9.17, 15) is 22.0 Å². The summed E-state index contributed by atoms with van der Waals surface area (Å²) in [6, 6.07) is 5.13. The van der Waals surface area contributed by atoms with Gasteiger partial charge in [0.1, 0.15) is 11.6 Å². The van der Waals surface area contributed by atoms with Crippen LogP contribution in [0.15, 0.2) is 30.3 Å². The fraction of sp³-hybridized carbons (Fsp3) is 0.316. The predicted molar refractivity (Wildman–Crippen MR) is 107 cm³/mol. The Bertz CT molecular complexity index is 1060. The minimum Gasteiger partial charge on any atom is -0.322 e. The van der Waals surface area contributed by atoms with Gasteiger partial charge in [-0.2, -0.15) is 17.9 Å². The smallest absolute Gasteiger partial charge is 0.277 e. The summed E-state index contributed by atoms with van der Waals surface area (Å²) in [4.78, 5) is 12.7. The fourth-order valence-electron chi connectivity index (χ4n) is 3.35. The van der Waals surface area contributed by atoms with Crippen LogP contribution in [0.2, 0.25) is 5.02 Å². The average molecular weight is 444 g/mol. The molecule has 3 rings (SSSR count). The van der Waals surface area contributed by atoms with E-state index >= 15 is 0 Å². The van der Waals surface area contributed by atoms with Crippen molar-refractivity contribution in [3.05, 3.63) is 63.7 Å². The molecule has 29 heavy (non-hydrogen) atoms. The van der Waals surface area contributed by atoms with E-state index in [4.69, 9.17) is 11.6 Å². The maximum Gasteiger partial charge on any atom is 0.277 e. The van der Waals surface area contributed by atoms with E-state index in [1.807, 2.05) is 0 Å². The predicted octanol–water partition coefficient (Wildman–Crippen LogP) is 3.69. The molecule has 1 amide bonds. The number of carbonyl (C=O) groups is 1. The zero-order chi connectivity index (χ0) is 21.3. The number of fused-ring (bicyclic) bond motifs is 1. The Hall–Kier alpha value is -2.07. The van der Waals surface area contributed by atoms with Crippen LogP contribution in [0.25, 0.3) is 0 Å². The summed E-state index contributed by atoms with van der Waals surface area (Å²) >= 11 is 5.73. The first-order valence-corrected chi connectivity index (χ1v) is 10.8. The second kappa shape index (κ2) is 8.35. The lowest BCUT2D eigenvalue weighted by atomic mass is 10.0. The molecule has 0 unspecified atom stereocenters. The minimum absolute atomic E-state index is 0.140. The van der Waals surface area contributed by atoms with Crippen LogP contribution in [0.3, 0.4) is 0 Å². The van der Waals surface area contributed by atoms with Gasteiger partial charge in [0, 0.05) is 22.9 Å². The maximum absolute atomic E-state index is 14.5. The van der Waals surface area contributed by atoms with Crippen LogP contribution in [-0.4, -0.2) is 20.4 Å². The summed E-state index contributed by atoms with van der Waals surface area (Å²) in [5, 5.41) is 2.46. The molecule has 1 aliphatic carbocycles. The molecule has 0 bridgehead atoms. The summed E-state index contributed by atoms with van der Waals surface area (Å²) < 4.78 is 57.0. The number of rotatable bonds is 6. The summed E-state index contributed by atoms with van der Waals surface area (Å²) in [6.07, 6.45) is 0.646. The van der Waals surface area contributed by atoms with Crippen molar-refractivity contribution in [3.8, 4) is 0 Å². The highest BCUT2D eigenvalue weighted by molar-refractivity contribution is 7.87. The molecular formula is C19H20ClF2N3O3S. The third-order valence-electron chi connectivity index (χ3n) is 4.45. The molecule has 10 heteroatoms. The first-order chi connectivity index (χ1) is 13.6. The van der Waals surface area contributed by atoms with Gasteiger partial charge in [0.25, 0.3) is 16.1 Å². The van der Waals surface area contributed by atoms with Crippen molar-refractivity contribution in [3.63, 3.8) is 0 Å². The van der Waals surface area contributed by atoms with Crippen molar-refractivity contribution >= 4 is 33.4 Å². The third-order valence-corrected chi connectivity index (χ3v) is 6.11. The Kier molecular flexibility index (Phi) is 6.23. The van der Waals surface area contributed by atoms with E-state index in [1.165, 1.54) is 18.2 Å². The number of anilines is 1. The van der Waals surface area contributed by atoms with Crippen molar-refractivity contribution in [2.45, 2.75) is 38.8 Å². The van der Waals surface area contributed by atoms with Gasteiger partial charge in [0.15, 0.2) is 0 Å². The van der Waals surface area contributed by atoms with E-state index in [0.717, 1.165) is 12.1 Å². The maximum atomic E-state index is 14.5. The molecule has 1 aliphatic rings. The van der Waals surface area contributed by atoms with Gasteiger partial charge in [-0.3, -0.25) is 4.79 Å². The second-order valence-corrected chi connectivity index (χ2v) is 8.94. The van der Waals surface area contributed by atoms with Gasteiger partial charge in [-0.1, -0.05) is 11.6 Å². The topological polar surface area (TPSA) is 87.3 Å². The molecule has 6 nitrogen and oxygen atoms in total. The van der Waals surface area contributed by atoms with Crippen LogP contribution >= 0.6 is 11.6 Å². The van der Waals surface area contributed by atoms with Gasteiger partial charge >= 0.3 is 0 Å². The quantitative estimate of drug-likeness (QED) is 0.636. The summed E-state index contributed by atoms with van der Waals surface area (Å²) in [6.45, 7) is 3.35. The van der Waals surface area contributed by atoms with Gasteiger partial charge in [0.05, 0.1) is 11.1 Å². The Morgan fingerprint density at radius 1 is 1.17 bits per heavy atom. The molecule has 156 valence electrons. The first kappa shape index (κ1) is 21.6. The summed E-state index contributed by atoms with van der Waals surface area (Å²) in [5.74, 6) is -1.72. The molecule has 0 heterocycles. The lowest BCUT2D eigenvalue weighted by molar-refractivity contribution is 0.102. The van der Waals surface area contributed by atoms with Crippen molar-refractivity contribution in [2.75, 3.05) is 5.32 Å². The third kappa shape index (κ3) is 4.92. The van der Waals surface area contributed by atoms with Gasteiger partial charge in [-0.25, -0.2) is 8.78 Å². The first-order valence-electron chi connectivity index (χ1n) is 8.94. The van der Waals surface area contributed by atoms with E-state index in [2.05, 4.69) is 14.8 Å². The van der Waals surface area contributed by atoms with Gasteiger partial charge in [-0.05, 0) is 62.6 Å².